The van der Waals surface area contributed by atoms with Crippen LogP contribution in [0.3, 0.4) is 0 Å². The van der Waals surface area contributed by atoms with Crippen LogP contribution in [0.4, 0.5) is 11.6 Å². The van der Waals surface area contributed by atoms with Gasteiger partial charge in [-0.3, -0.25) is 4.90 Å². The lowest BCUT2D eigenvalue weighted by Crippen LogP contribution is -2.40. The fourth-order valence-corrected chi connectivity index (χ4v) is 5.17. The van der Waals surface area contributed by atoms with Crippen LogP contribution in [-0.4, -0.2) is 51.7 Å². The zero-order valence-corrected chi connectivity index (χ0v) is 22.9. The molecule has 0 radical (unpaired) electrons. The highest BCUT2D eigenvalue weighted by Crippen LogP contribution is 2.43. The number of ether oxygens (including phenoxy) is 3. The van der Waals surface area contributed by atoms with Crippen LogP contribution in [0.1, 0.15) is 11.5 Å². The smallest absolute Gasteiger partial charge is 0.355 e. The van der Waals surface area contributed by atoms with E-state index in [1.165, 1.54) is 43.8 Å². The van der Waals surface area contributed by atoms with Gasteiger partial charge >= 0.3 is 11.9 Å². The molecule has 3 aromatic rings. The molecule has 1 aliphatic heterocycles. The Morgan fingerprint density at radius 2 is 1.59 bits per heavy atom. The third kappa shape index (κ3) is 5.52. The highest BCUT2D eigenvalue weighted by molar-refractivity contribution is 7.92. The molecule has 1 unspecified atom stereocenters. The molecule has 0 saturated heterocycles. The van der Waals surface area contributed by atoms with Crippen LogP contribution in [0.15, 0.2) is 94.6 Å². The minimum absolute atomic E-state index is 0.0285. The fourth-order valence-electron chi connectivity index (χ4n) is 4.21. The Kier molecular flexibility index (Phi) is 8.20. The standard InChI is InChI=1S/C27H24N6O7S/c1-38-18-14-30-27(31-15-18)32-41(36,37)19-11-9-17(10-12-19)33-23(26(35)40-3)22(25(34)39-2)21(20(13-28)24(33)29)16-7-5-4-6-8-16/h4-12,14-15,21H,29H2,1-3H3,(H,30,31,32). The van der Waals surface area contributed by atoms with E-state index in [1.807, 2.05) is 6.07 Å². The van der Waals surface area contributed by atoms with Crippen molar-refractivity contribution in [2.45, 2.75) is 10.8 Å². The molecule has 0 spiro atoms. The largest absolute Gasteiger partial charge is 0.494 e. The van der Waals surface area contributed by atoms with E-state index in [2.05, 4.69) is 14.7 Å². The molecule has 13 nitrogen and oxygen atoms in total. The number of rotatable bonds is 8. The molecule has 0 aliphatic carbocycles. The lowest BCUT2D eigenvalue weighted by molar-refractivity contribution is -0.139. The molecular weight excluding hydrogens is 552 g/mol. The Hall–Kier alpha value is -5.42. The number of nitriles is 1. The lowest BCUT2D eigenvalue weighted by Gasteiger charge is -2.35. The van der Waals surface area contributed by atoms with Gasteiger partial charge in [0.05, 0.1) is 61.8 Å². The number of carbonyl (C=O) groups excluding carboxylic acids is 2. The van der Waals surface area contributed by atoms with Crippen LogP contribution in [0, 0.1) is 11.3 Å². The van der Waals surface area contributed by atoms with Crippen LogP contribution in [0.2, 0.25) is 0 Å². The number of nitrogens with two attached hydrogens (primary N) is 1. The van der Waals surface area contributed by atoms with Crippen molar-refractivity contribution in [3.05, 3.63) is 95.2 Å². The van der Waals surface area contributed by atoms with Gasteiger partial charge in [0.15, 0.2) is 5.75 Å². The molecule has 1 aliphatic rings. The molecule has 210 valence electrons. The minimum Gasteiger partial charge on any atom is -0.494 e. The number of anilines is 2. The van der Waals surface area contributed by atoms with E-state index >= 15 is 0 Å². The number of methoxy groups -OCH3 is 3. The van der Waals surface area contributed by atoms with Crippen LogP contribution >= 0.6 is 0 Å². The zero-order valence-electron chi connectivity index (χ0n) is 22.1. The Labute approximate surface area is 235 Å². The third-order valence-electron chi connectivity index (χ3n) is 6.11. The summed E-state index contributed by atoms with van der Waals surface area (Å²) in [5.41, 5.74) is 6.66. The van der Waals surface area contributed by atoms with Crippen LogP contribution < -0.4 is 20.1 Å². The van der Waals surface area contributed by atoms with Gasteiger partial charge in [-0.2, -0.15) is 5.26 Å². The number of allylic oxidation sites excluding steroid dienone is 1. The van der Waals surface area contributed by atoms with Gasteiger partial charge < -0.3 is 19.9 Å². The molecule has 14 heteroatoms. The van der Waals surface area contributed by atoms with Gasteiger partial charge in [0.25, 0.3) is 10.0 Å². The monoisotopic (exact) mass is 576 g/mol. The summed E-state index contributed by atoms with van der Waals surface area (Å²) >= 11 is 0. The number of hydrogen-bond donors (Lipinski definition) is 2. The van der Waals surface area contributed by atoms with E-state index in [0.29, 0.717) is 11.3 Å². The van der Waals surface area contributed by atoms with Crippen molar-refractivity contribution < 1.29 is 32.2 Å². The highest BCUT2D eigenvalue weighted by atomic mass is 32.2. The second-order valence-electron chi connectivity index (χ2n) is 8.38. The fraction of sp³-hybridized carbons (Fsp3) is 0.148. The topological polar surface area (TPSA) is 187 Å². The molecule has 0 saturated carbocycles. The first-order chi connectivity index (χ1) is 19.7. The quantitative estimate of drug-likeness (QED) is 0.373. The first kappa shape index (κ1) is 28.6. The second-order valence-corrected chi connectivity index (χ2v) is 10.1. The van der Waals surface area contributed by atoms with Gasteiger partial charge in [0.1, 0.15) is 11.5 Å². The van der Waals surface area contributed by atoms with Crippen molar-refractivity contribution in [2.24, 2.45) is 5.73 Å². The number of sulfonamides is 1. The number of carbonyl (C=O) groups is 2. The minimum atomic E-state index is -4.12. The molecule has 2 heterocycles. The molecule has 0 fully saturated rings. The number of hydrogen-bond acceptors (Lipinski definition) is 12. The molecule has 1 atom stereocenters. The first-order valence-corrected chi connectivity index (χ1v) is 13.3. The average Bonchev–Trinajstić information content (AvgIpc) is 3.00. The van der Waals surface area contributed by atoms with Crippen LogP contribution in [0.5, 0.6) is 5.75 Å². The van der Waals surface area contributed by atoms with E-state index in [1.54, 1.807) is 30.3 Å². The summed E-state index contributed by atoms with van der Waals surface area (Å²) < 4.78 is 43.1. The van der Waals surface area contributed by atoms with E-state index in [9.17, 15) is 23.3 Å². The molecule has 2 aromatic carbocycles. The molecule has 0 bridgehead atoms. The number of esters is 2. The van der Waals surface area contributed by atoms with E-state index in [4.69, 9.17) is 19.9 Å². The lowest BCUT2D eigenvalue weighted by atomic mass is 9.81. The highest BCUT2D eigenvalue weighted by Gasteiger charge is 2.43. The molecule has 0 amide bonds. The van der Waals surface area contributed by atoms with Gasteiger partial charge in [-0.05, 0) is 29.8 Å². The van der Waals surface area contributed by atoms with Gasteiger partial charge in [0, 0.05) is 5.69 Å². The molecule has 4 rings (SSSR count). The molecular formula is C27H24N6O7S. The number of nitrogens with one attached hydrogen (secondary N) is 1. The summed E-state index contributed by atoms with van der Waals surface area (Å²) in [6.45, 7) is 0. The summed E-state index contributed by atoms with van der Waals surface area (Å²) in [5.74, 6) is -2.84. The summed E-state index contributed by atoms with van der Waals surface area (Å²) in [6, 6.07) is 15.8. The molecule has 1 aromatic heterocycles. The molecule has 3 N–H and O–H groups in total. The van der Waals surface area contributed by atoms with E-state index < -0.39 is 27.9 Å². The Morgan fingerprint density at radius 3 is 2.12 bits per heavy atom. The summed E-state index contributed by atoms with van der Waals surface area (Å²) in [4.78, 5) is 35.1. The average molecular weight is 577 g/mol. The third-order valence-corrected chi connectivity index (χ3v) is 7.45. The predicted molar refractivity (Wildman–Crippen MR) is 145 cm³/mol. The normalized spacial score (nSPS) is 15.2. The van der Waals surface area contributed by atoms with Crippen molar-refractivity contribution in [1.29, 1.82) is 5.26 Å². The predicted octanol–water partition coefficient (Wildman–Crippen LogP) is 2.18. The maximum Gasteiger partial charge on any atom is 0.355 e. The number of aromatic nitrogens is 2. The van der Waals surface area contributed by atoms with Crippen LogP contribution in [0.25, 0.3) is 0 Å². The second kappa shape index (κ2) is 11.8. The zero-order chi connectivity index (χ0) is 29.7. The van der Waals surface area contributed by atoms with Crippen molar-refractivity contribution >= 4 is 33.6 Å². The van der Waals surface area contributed by atoms with E-state index in [0.717, 1.165) is 19.1 Å². The number of nitrogens with zero attached hydrogens (tertiary/aromatic N) is 4. The van der Waals surface area contributed by atoms with Crippen molar-refractivity contribution in [3.8, 4) is 11.8 Å². The maximum atomic E-state index is 13.2. The van der Waals surface area contributed by atoms with Gasteiger partial charge in [-0.1, -0.05) is 30.3 Å². The van der Waals surface area contributed by atoms with E-state index in [-0.39, 0.29) is 39.2 Å². The van der Waals surface area contributed by atoms with Crippen LogP contribution in [-0.2, 0) is 29.1 Å². The van der Waals surface area contributed by atoms with Crippen molar-refractivity contribution in [1.82, 2.24) is 9.97 Å². The summed E-state index contributed by atoms with van der Waals surface area (Å²) in [7, 11) is -0.434. The summed E-state index contributed by atoms with van der Waals surface area (Å²) in [6.07, 6.45) is 2.60. The number of benzene rings is 2. The Balaban J connectivity index is 1.83. The molecule has 41 heavy (non-hydrogen) atoms. The summed E-state index contributed by atoms with van der Waals surface area (Å²) in [5, 5.41) is 10.1. The van der Waals surface area contributed by atoms with Gasteiger partial charge in [0.2, 0.25) is 5.95 Å². The first-order valence-electron chi connectivity index (χ1n) is 11.8. The Bertz CT molecular complexity index is 1680. The van der Waals surface area contributed by atoms with Gasteiger partial charge in [-0.25, -0.2) is 32.7 Å². The van der Waals surface area contributed by atoms with Crippen molar-refractivity contribution in [2.75, 3.05) is 31.0 Å². The van der Waals surface area contributed by atoms with Gasteiger partial charge in [-0.15, -0.1) is 0 Å². The maximum absolute atomic E-state index is 13.2. The SMILES string of the molecule is COC(=O)C1=C(C(=O)OC)N(c2ccc(S(=O)(=O)Nc3ncc(OC)cn3)cc2)C(N)=C(C#N)C1c1ccccc1. The Morgan fingerprint density at radius 1 is 0.976 bits per heavy atom. The van der Waals surface area contributed by atoms with Crippen molar-refractivity contribution in [3.63, 3.8) is 0 Å².